The Morgan fingerprint density at radius 1 is 1.67 bits per heavy atom. The molecule has 1 aromatic heterocycles. The Bertz CT molecular complexity index is 289. The maximum Gasteiger partial charge on any atom is 0.354 e. The number of hydrogen-bond donors (Lipinski definition) is 0. The molecule has 0 aromatic carbocycles. The lowest BCUT2D eigenvalue weighted by Crippen LogP contribution is -2.08. The Morgan fingerprint density at radius 3 is 2.75 bits per heavy atom. The van der Waals surface area contributed by atoms with Gasteiger partial charge in [-0.1, -0.05) is 0 Å². The van der Waals surface area contributed by atoms with Crippen LogP contribution in [0.2, 0.25) is 0 Å². The summed E-state index contributed by atoms with van der Waals surface area (Å²) in [5, 5.41) is 0. The van der Waals surface area contributed by atoms with E-state index in [1.54, 1.807) is 11.5 Å². The zero-order valence-electron chi connectivity index (χ0n) is 7.63. The molecule has 0 atom stereocenters. The number of ether oxygens (including phenoxy) is 1. The fourth-order valence-electron chi connectivity index (χ4n) is 1.14. The summed E-state index contributed by atoms with van der Waals surface area (Å²) in [5.41, 5.74) is 1.68. The highest BCUT2D eigenvalue weighted by Crippen LogP contribution is 2.06. The molecule has 0 bridgehead atoms. The lowest BCUT2D eigenvalue weighted by atomic mass is 10.3. The Kier molecular flexibility index (Phi) is 2.53. The normalized spacial score (nSPS) is 9.92. The topological polar surface area (TPSA) is 31.2 Å². The maximum absolute atomic E-state index is 11.2. The van der Waals surface area contributed by atoms with Gasteiger partial charge in [0.1, 0.15) is 5.69 Å². The smallest absolute Gasteiger partial charge is 0.354 e. The van der Waals surface area contributed by atoms with E-state index in [0.717, 1.165) is 5.56 Å². The summed E-state index contributed by atoms with van der Waals surface area (Å²) in [7, 11) is 1.83. The number of carbonyl (C=O) groups excluding carboxylic acids is 1. The summed E-state index contributed by atoms with van der Waals surface area (Å²) in [6, 6.07) is 1.82. The van der Waals surface area contributed by atoms with Crippen molar-refractivity contribution in [2.45, 2.75) is 13.8 Å². The average Bonchev–Trinajstić information content (AvgIpc) is 2.30. The first kappa shape index (κ1) is 8.84. The second-order valence-corrected chi connectivity index (χ2v) is 2.73. The molecule has 0 amide bonds. The number of nitrogens with zero attached hydrogens (tertiary/aromatic N) is 1. The summed E-state index contributed by atoms with van der Waals surface area (Å²) < 4.78 is 6.63. The zero-order valence-corrected chi connectivity index (χ0v) is 7.63. The van der Waals surface area contributed by atoms with Crippen LogP contribution < -0.4 is 0 Å². The molecule has 1 heterocycles. The van der Waals surface area contributed by atoms with Crippen molar-refractivity contribution in [2.24, 2.45) is 7.05 Å². The molecule has 0 aliphatic rings. The van der Waals surface area contributed by atoms with E-state index in [1.807, 2.05) is 26.2 Å². The second-order valence-electron chi connectivity index (χ2n) is 2.73. The third-order valence-electron chi connectivity index (χ3n) is 1.63. The fraction of sp³-hybridized carbons (Fsp3) is 0.444. The summed E-state index contributed by atoms with van der Waals surface area (Å²) in [5.74, 6) is -0.256. The third-order valence-corrected chi connectivity index (χ3v) is 1.63. The van der Waals surface area contributed by atoms with Gasteiger partial charge in [0.2, 0.25) is 0 Å². The number of hydrogen-bond acceptors (Lipinski definition) is 2. The second kappa shape index (κ2) is 3.43. The Balaban J connectivity index is 2.87. The highest BCUT2D eigenvalue weighted by atomic mass is 16.5. The molecule has 0 aliphatic heterocycles. The van der Waals surface area contributed by atoms with Gasteiger partial charge in [0.25, 0.3) is 0 Å². The molecule has 0 aliphatic carbocycles. The predicted octanol–water partition coefficient (Wildman–Crippen LogP) is 1.51. The van der Waals surface area contributed by atoms with Crippen LogP contribution in [0.25, 0.3) is 0 Å². The van der Waals surface area contributed by atoms with E-state index in [2.05, 4.69) is 0 Å². The van der Waals surface area contributed by atoms with Gasteiger partial charge in [-0.15, -0.1) is 0 Å². The van der Waals surface area contributed by atoms with E-state index in [-0.39, 0.29) is 5.97 Å². The van der Waals surface area contributed by atoms with Crippen molar-refractivity contribution in [2.75, 3.05) is 6.61 Å². The lowest BCUT2D eigenvalue weighted by molar-refractivity contribution is 0.0515. The number of carbonyl (C=O) groups is 1. The molecule has 3 nitrogen and oxygen atoms in total. The van der Waals surface area contributed by atoms with Crippen molar-refractivity contribution in [3.63, 3.8) is 0 Å². The quantitative estimate of drug-likeness (QED) is 0.625. The lowest BCUT2D eigenvalue weighted by Gasteiger charge is -2.01. The van der Waals surface area contributed by atoms with Crippen LogP contribution in [0.3, 0.4) is 0 Å². The monoisotopic (exact) mass is 167 g/mol. The van der Waals surface area contributed by atoms with Gasteiger partial charge in [-0.25, -0.2) is 4.79 Å². The van der Waals surface area contributed by atoms with Gasteiger partial charge in [0.15, 0.2) is 0 Å². The van der Waals surface area contributed by atoms with Crippen LogP contribution in [-0.2, 0) is 11.8 Å². The van der Waals surface area contributed by atoms with E-state index in [4.69, 9.17) is 4.74 Å². The standard InChI is InChI=1S/C9H13NO2/c1-4-12-9(11)8-5-7(2)6-10(8)3/h5-6H,4H2,1-3H3. The first-order valence-corrected chi connectivity index (χ1v) is 3.95. The molecule has 1 rings (SSSR count). The fourth-order valence-corrected chi connectivity index (χ4v) is 1.14. The van der Waals surface area contributed by atoms with Crippen LogP contribution in [0.1, 0.15) is 23.0 Å². The van der Waals surface area contributed by atoms with Crippen LogP contribution in [-0.4, -0.2) is 17.1 Å². The predicted molar refractivity (Wildman–Crippen MR) is 46.1 cm³/mol. The van der Waals surface area contributed by atoms with Crippen LogP contribution in [0.5, 0.6) is 0 Å². The Morgan fingerprint density at radius 2 is 2.33 bits per heavy atom. The number of rotatable bonds is 2. The van der Waals surface area contributed by atoms with Crippen LogP contribution >= 0.6 is 0 Å². The molecule has 0 saturated heterocycles. The Labute approximate surface area is 72.0 Å². The number of aromatic nitrogens is 1. The van der Waals surface area contributed by atoms with Crippen molar-refractivity contribution >= 4 is 5.97 Å². The highest BCUT2D eigenvalue weighted by molar-refractivity contribution is 5.87. The maximum atomic E-state index is 11.2. The number of esters is 1. The van der Waals surface area contributed by atoms with Crippen molar-refractivity contribution in [3.05, 3.63) is 23.5 Å². The third kappa shape index (κ3) is 1.67. The van der Waals surface area contributed by atoms with Gasteiger partial charge in [-0.2, -0.15) is 0 Å². The molecule has 1 aromatic rings. The summed E-state index contributed by atoms with van der Waals surface area (Å²) >= 11 is 0. The molecule has 12 heavy (non-hydrogen) atoms. The zero-order chi connectivity index (χ0) is 9.14. The van der Waals surface area contributed by atoms with E-state index in [0.29, 0.717) is 12.3 Å². The average molecular weight is 167 g/mol. The van der Waals surface area contributed by atoms with E-state index in [1.165, 1.54) is 0 Å². The molecule has 0 radical (unpaired) electrons. The minimum Gasteiger partial charge on any atom is -0.461 e. The Hall–Kier alpha value is -1.25. The van der Waals surface area contributed by atoms with Crippen LogP contribution in [0.15, 0.2) is 12.3 Å². The molecule has 0 saturated carbocycles. The van der Waals surface area contributed by atoms with Gasteiger partial charge in [-0.05, 0) is 25.5 Å². The van der Waals surface area contributed by atoms with Crippen molar-refractivity contribution in [3.8, 4) is 0 Å². The first-order valence-electron chi connectivity index (χ1n) is 3.95. The first-order chi connectivity index (χ1) is 5.65. The summed E-state index contributed by atoms with van der Waals surface area (Å²) in [6.45, 7) is 4.17. The minimum absolute atomic E-state index is 0.256. The molecule has 0 spiro atoms. The highest BCUT2D eigenvalue weighted by Gasteiger charge is 2.10. The summed E-state index contributed by atoms with van der Waals surface area (Å²) in [6.07, 6.45) is 1.90. The van der Waals surface area contributed by atoms with Gasteiger partial charge in [0, 0.05) is 13.2 Å². The molecular weight excluding hydrogens is 154 g/mol. The number of aryl methyl sites for hydroxylation is 2. The minimum atomic E-state index is -0.256. The largest absolute Gasteiger partial charge is 0.461 e. The van der Waals surface area contributed by atoms with Gasteiger partial charge in [-0.3, -0.25) is 0 Å². The SMILES string of the molecule is CCOC(=O)c1cc(C)cn1C. The van der Waals surface area contributed by atoms with Gasteiger partial charge >= 0.3 is 5.97 Å². The molecule has 3 heteroatoms. The molecule has 0 N–H and O–H groups in total. The molecule has 0 fully saturated rings. The van der Waals surface area contributed by atoms with E-state index < -0.39 is 0 Å². The van der Waals surface area contributed by atoms with Crippen LogP contribution in [0, 0.1) is 6.92 Å². The molecule has 66 valence electrons. The van der Waals surface area contributed by atoms with E-state index in [9.17, 15) is 4.79 Å². The van der Waals surface area contributed by atoms with Gasteiger partial charge < -0.3 is 9.30 Å². The molecular formula is C9H13NO2. The van der Waals surface area contributed by atoms with Crippen LogP contribution in [0.4, 0.5) is 0 Å². The van der Waals surface area contributed by atoms with Crippen molar-refractivity contribution in [1.29, 1.82) is 0 Å². The van der Waals surface area contributed by atoms with Crippen molar-refractivity contribution < 1.29 is 9.53 Å². The van der Waals surface area contributed by atoms with E-state index >= 15 is 0 Å². The molecule has 0 unspecified atom stereocenters. The summed E-state index contributed by atoms with van der Waals surface area (Å²) in [4.78, 5) is 11.2. The van der Waals surface area contributed by atoms with Gasteiger partial charge in [0.05, 0.1) is 6.61 Å². The van der Waals surface area contributed by atoms with Crippen molar-refractivity contribution in [1.82, 2.24) is 4.57 Å².